The molecule has 1 nitrogen and oxygen atoms in total. The third kappa shape index (κ3) is 2.24. The summed E-state index contributed by atoms with van der Waals surface area (Å²) in [5.41, 5.74) is 4.93. The molecule has 0 radical (unpaired) electrons. The van der Waals surface area contributed by atoms with Crippen LogP contribution in [-0.2, 0) is 0 Å². The van der Waals surface area contributed by atoms with Gasteiger partial charge in [0, 0.05) is 6.20 Å². The highest BCUT2D eigenvalue weighted by atomic mass is 14.7. The van der Waals surface area contributed by atoms with E-state index in [0.29, 0.717) is 0 Å². The number of hydrogen-bond acceptors (Lipinski definition) is 1. The summed E-state index contributed by atoms with van der Waals surface area (Å²) in [6.07, 6.45) is 10.3. The minimum absolute atomic E-state index is 1.07. The van der Waals surface area contributed by atoms with Crippen molar-refractivity contribution in [1.29, 1.82) is 0 Å². The Hall–Kier alpha value is -1.63. The van der Waals surface area contributed by atoms with E-state index in [9.17, 15) is 0 Å². The molecule has 76 valence electrons. The van der Waals surface area contributed by atoms with Crippen LogP contribution < -0.4 is 0 Å². The lowest BCUT2D eigenvalue weighted by atomic mass is 9.97. The third-order valence-corrected chi connectivity index (χ3v) is 2.71. The Morgan fingerprint density at radius 2 is 2.13 bits per heavy atom. The molecule has 0 aromatic carbocycles. The number of pyridine rings is 1. The predicted octanol–water partition coefficient (Wildman–Crippen LogP) is 3.85. The Morgan fingerprint density at radius 1 is 1.27 bits per heavy atom. The fourth-order valence-corrected chi connectivity index (χ4v) is 1.67. The molecule has 1 aliphatic rings. The zero-order valence-corrected chi connectivity index (χ0v) is 9.03. The molecular weight excluding hydrogens is 182 g/mol. The highest BCUT2D eigenvalue weighted by molar-refractivity contribution is 5.66. The van der Waals surface area contributed by atoms with Gasteiger partial charge in [-0.15, -0.1) is 0 Å². The van der Waals surface area contributed by atoms with Gasteiger partial charge >= 0.3 is 0 Å². The normalized spacial score (nSPS) is 15.5. The lowest BCUT2D eigenvalue weighted by molar-refractivity contribution is 0.968. The van der Waals surface area contributed by atoms with Crippen LogP contribution in [0.25, 0.3) is 11.6 Å². The molecule has 1 aromatic heterocycles. The summed E-state index contributed by atoms with van der Waals surface area (Å²) in [7, 11) is 0. The standard InChI is InChI=1S/C14H15N/c1-3-12-6-9-14(15-10-12)13-7-4-11(2)5-8-13/h3-4,6-7,9-10H,1,5,8H2,2H3. The van der Waals surface area contributed by atoms with Crippen LogP contribution >= 0.6 is 0 Å². The van der Waals surface area contributed by atoms with Gasteiger partial charge in [-0.1, -0.05) is 36.4 Å². The summed E-state index contributed by atoms with van der Waals surface area (Å²) in [6, 6.07) is 4.12. The van der Waals surface area contributed by atoms with E-state index in [1.807, 2.05) is 12.3 Å². The number of aromatic nitrogens is 1. The van der Waals surface area contributed by atoms with Gasteiger partial charge in [0.2, 0.25) is 0 Å². The van der Waals surface area contributed by atoms with Crippen molar-refractivity contribution in [2.45, 2.75) is 19.8 Å². The number of rotatable bonds is 2. The van der Waals surface area contributed by atoms with E-state index in [1.54, 1.807) is 0 Å². The minimum atomic E-state index is 1.07. The second kappa shape index (κ2) is 4.26. The van der Waals surface area contributed by atoms with Crippen LogP contribution in [0.4, 0.5) is 0 Å². The van der Waals surface area contributed by atoms with E-state index in [0.717, 1.165) is 24.1 Å². The molecule has 0 unspecified atom stereocenters. The largest absolute Gasteiger partial charge is 0.256 e. The maximum Gasteiger partial charge on any atom is 0.0662 e. The average molecular weight is 197 g/mol. The molecule has 1 aliphatic carbocycles. The van der Waals surface area contributed by atoms with Crippen LogP contribution in [0.5, 0.6) is 0 Å². The van der Waals surface area contributed by atoms with Crippen LogP contribution in [0.3, 0.4) is 0 Å². The second-order valence-corrected chi connectivity index (χ2v) is 3.89. The van der Waals surface area contributed by atoms with Crippen LogP contribution in [0.15, 0.2) is 42.6 Å². The molecule has 15 heavy (non-hydrogen) atoms. The molecule has 0 N–H and O–H groups in total. The van der Waals surface area contributed by atoms with Crippen molar-refractivity contribution < 1.29 is 0 Å². The van der Waals surface area contributed by atoms with Gasteiger partial charge in [-0.25, -0.2) is 0 Å². The van der Waals surface area contributed by atoms with Crippen LogP contribution in [0.2, 0.25) is 0 Å². The molecule has 0 amide bonds. The predicted molar refractivity (Wildman–Crippen MR) is 65.3 cm³/mol. The zero-order chi connectivity index (χ0) is 10.7. The van der Waals surface area contributed by atoms with Gasteiger partial charge in [-0.2, -0.15) is 0 Å². The highest BCUT2D eigenvalue weighted by Gasteiger charge is 2.06. The van der Waals surface area contributed by atoms with Gasteiger partial charge in [0.15, 0.2) is 0 Å². The highest BCUT2D eigenvalue weighted by Crippen LogP contribution is 2.25. The SMILES string of the molecule is C=Cc1ccc(C2=CC=C(C)CC2)nc1. The topological polar surface area (TPSA) is 12.9 Å². The van der Waals surface area contributed by atoms with Crippen molar-refractivity contribution in [3.8, 4) is 0 Å². The molecule has 0 aliphatic heterocycles. The van der Waals surface area contributed by atoms with Crippen LogP contribution in [0, 0.1) is 0 Å². The first-order valence-electron chi connectivity index (χ1n) is 5.25. The fraction of sp³-hybridized carbons (Fsp3) is 0.214. The number of nitrogens with zero attached hydrogens (tertiary/aromatic N) is 1. The minimum Gasteiger partial charge on any atom is -0.256 e. The molecule has 0 atom stereocenters. The van der Waals surface area contributed by atoms with Crippen molar-refractivity contribution in [1.82, 2.24) is 4.98 Å². The first-order valence-corrected chi connectivity index (χ1v) is 5.25. The summed E-state index contributed by atoms with van der Waals surface area (Å²) in [5.74, 6) is 0. The smallest absolute Gasteiger partial charge is 0.0662 e. The summed E-state index contributed by atoms with van der Waals surface area (Å²) in [5, 5.41) is 0. The van der Waals surface area contributed by atoms with E-state index in [-0.39, 0.29) is 0 Å². The molecule has 1 heterocycles. The van der Waals surface area contributed by atoms with Gasteiger partial charge in [0.05, 0.1) is 5.69 Å². The molecule has 1 heteroatoms. The van der Waals surface area contributed by atoms with Crippen molar-refractivity contribution >= 4 is 11.6 Å². The van der Waals surface area contributed by atoms with E-state index < -0.39 is 0 Å². The van der Waals surface area contributed by atoms with Crippen LogP contribution in [-0.4, -0.2) is 4.98 Å². The summed E-state index contributed by atoms with van der Waals surface area (Å²) in [4.78, 5) is 4.43. The maximum absolute atomic E-state index is 4.43. The molecule has 0 saturated carbocycles. The first kappa shape index (κ1) is 9.91. The third-order valence-electron chi connectivity index (χ3n) is 2.71. The summed E-state index contributed by atoms with van der Waals surface area (Å²) >= 11 is 0. The Balaban J connectivity index is 2.27. The van der Waals surface area contributed by atoms with Crippen molar-refractivity contribution in [2.24, 2.45) is 0 Å². The monoisotopic (exact) mass is 197 g/mol. The van der Waals surface area contributed by atoms with Crippen LogP contribution in [0.1, 0.15) is 31.0 Å². The Morgan fingerprint density at radius 3 is 2.67 bits per heavy atom. The summed E-state index contributed by atoms with van der Waals surface area (Å²) in [6.45, 7) is 5.89. The molecular formula is C14H15N. The van der Waals surface area contributed by atoms with Crippen molar-refractivity contribution in [3.63, 3.8) is 0 Å². The molecule has 0 bridgehead atoms. The molecule has 0 fully saturated rings. The maximum atomic E-state index is 4.43. The van der Waals surface area contributed by atoms with Gasteiger partial charge in [-0.3, -0.25) is 4.98 Å². The van der Waals surface area contributed by atoms with Gasteiger partial charge in [0.1, 0.15) is 0 Å². The van der Waals surface area contributed by atoms with Crippen molar-refractivity contribution in [2.75, 3.05) is 0 Å². The zero-order valence-electron chi connectivity index (χ0n) is 9.03. The second-order valence-electron chi connectivity index (χ2n) is 3.89. The Labute approximate surface area is 90.9 Å². The first-order chi connectivity index (χ1) is 7.29. The van der Waals surface area contributed by atoms with Gasteiger partial charge in [0.25, 0.3) is 0 Å². The molecule has 0 saturated heterocycles. The number of allylic oxidation sites excluding steroid dienone is 4. The van der Waals surface area contributed by atoms with E-state index >= 15 is 0 Å². The van der Waals surface area contributed by atoms with E-state index in [4.69, 9.17) is 0 Å². The van der Waals surface area contributed by atoms with E-state index in [1.165, 1.54) is 11.1 Å². The van der Waals surface area contributed by atoms with Gasteiger partial charge < -0.3 is 0 Å². The lowest BCUT2D eigenvalue weighted by Crippen LogP contribution is -1.94. The number of hydrogen-bond donors (Lipinski definition) is 0. The van der Waals surface area contributed by atoms with Crippen molar-refractivity contribution in [3.05, 3.63) is 53.9 Å². The average Bonchev–Trinajstić information content (AvgIpc) is 2.30. The Bertz CT molecular complexity index is 421. The van der Waals surface area contributed by atoms with Gasteiger partial charge in [-0.05, 0) is 37.0 Å². The quantitative estimate of drug-likeness (QED) is 0.701. The summed E-state index contributed by atoms with van der Waals surface area (Å²) < 4.78 is 0. The Kier molecular flexibility index (Phi) is 2.82. The lowest BCUT2D eigenvalue weighted by Gasteiger charge is -2.11. The molecule has 0 spiro atoms. The fourth-order valence-electron chi connectivity index (χ4n) is 1.67. The molecule has 1 aromatic rings. The molecule has 2 rings (SSSR count). The van der Waals surface area contributed by atoms with E-state index in [2.05, 4.69) is 42.8 Å².